The minimum atomic E-state index is 1.32. The van der Waals surface area contributed by atoms with Crippen LogP contribution in [-0.4, -0.2) is 0 Å². The highest BCUT2D eigenvalue weighted by Gasteiger charge is 1.75. The predicted molar refractivity (Wildman–Crippen MR) is 84.4 cm³/mol. The maximum atomic E-state index is 2.23. The van der Waals surface area contributed by atoms with Crippen LogP contribution >= 0.6 is 0 Å². The molecule has 106 valence electrons. The van der Waals surface area contributed by atoms with Crippen LogP contribution in [0.1, 0.15) is 108 Å². The Morgan fingerprint density at radius 2 is 0.562 bits per heavy atom. The molecule has 0 spiro atoms. The Balaban J connectivity index is -0.0000000354. The molecule has 0 amide bonds. The van der Waals surface area contributed by atoms with Crippen molar-refractivity contribution in [3.63, 3.8) is 0 Å². The van der Waals surface area contributed by atoms with Crippen molar-refractivity contribution in [2.24, 2.45) is 0 Å². The fourth-order valence-corrected chi connectivity index (χ4v) is 0.500. The maximum absolute atomic E-state index is 2.23. The van der Waals surface area contributed by atoms with Crippen molar-refractivity contribution < 1.29 is 0 Å². The highest BCUT2D eigenvalue weighted by Crippen LogP contribution is 1.95. The van der Waals surface area contributed by atoms with Gasteiger partial charge >= 0.3 is 0 Å². The SMILES string of the molecule is CC.CC.CC.CCCC.CCCCCC. The first-order valence-corrected chi connectivity index (χ1v) is 7.83. The minimum absolute atomic E-state index is 1.32. The highest BCUT2D eigenvalue weighted by atomic mass is 13.8. The topological polar surface area (TPSA) is 0 Å². The van der Waals surface area contributed by atoms with Crippen molar-refractivity contribution >= 4 is 0 Å². The van der Waals surface area contributed by atoms with Crippen LogP contribution in [0.5, 0.6) is 0 Å². The van der Waals surface area contributed by atoms with Crippen molar-refractivity contribution in [1.82, 2.24) is 0 Å². The van der Waals surface area contributed by atoms with Crippen molar-refractivity contribution in [3.05, 3.63) is 0 Å². The summed E-state index contributed by atoms with van der Waals surface area (Å²) in [6.45, 7) is 20.8. The third kappa shape index (κ3) is 148. The van der Waals surface area contributed by atoms with E-state index in [-0.39, 0.29) is 0 Å². The quantitative estimate of drug-likeness (QED) is 0.442. The molecule has 0 radical (unpaired) electrons. The Labute approximate surface area is 108 Å². The molecule has 0 aromatic rings. The Morgan fingerprint density at radius 1 is 0.375 bits per heavy atom. The summed E-state index contributed by atoms with van der Waals surface area (Å²) < 4.78 is 0. The lowest BCUT2D eigenvalue weighted by molar-refractivity contribution is 0.702. The van der Waals surface area contributed by atoms with Gasteiger partial charge in [-0.15, -0.1) is 0 Å². The molecule has 0 aromatic heterocycles. The molecule has 0 aliphatic rings. The van der Waals surface area contributed by atoms with Crippen LogP contribution in [0.2, 0.25) is 0 Å². The van der Waals surface area contributed by atoms with Crippen LogP contribution < -0.4 is 0 Å². The average molecular weight is 235 g/mol. The molecular weight excluding hydrogens is 192 g/mol. The van der Waals surface area contributed by atoms with Crippen LogP contribution in [0.25, 0.3) is 0 Å². The zero-order valence-corrected chi connectivity index (χ0v) is 14.2. The van der Waals surface area contributed by atoms with E-state index < -0.39 is 0 Å². The molecule has 0 nitrogen and oxygen atoms in total. The molecule has 0 rings (SSSR count). The molecule has 0 heteroatoms. The van der Waals surface area contributed by atoms with E-state index in [0.29, 0.717) is 0 Å². The van der Waals surface area contributed by atoms with Gasteiger partial charge < -0.3 is 0 Å². The average Bonchev–Trinajstić information content (AvgIpc) is 2.43. The summed E-state index contributed by atoms with van der Waals surface area (Å²) in [4.78, 5) is 0. The van der Waals surface area contributed by atoms with Crippen LogP contribution in [0.4, 0.5) is 0 Å². The third-order valence-corrected chi connectivity index (χ3v) is 1.46. The van der Waals surface area contributed by atoms with E-state index in [2.05, 4.69) is 27.7 Å². The van der Waals surface area contributed by atoms with E-state index in [9.17, 15) is 0 Å². The van der Waals surface area contributed by atoms with Gasteiger partial charge in [0.2, 0.25) is 0 Å². The van der Waals surface area contributed by atoms with E-state index in [1.807, 2.05) is 41.5 Å². The molecular formula is C16H42. The van der Waals surface area contributed by atoms with Gasteiger partial charge in [0.15, 0.2) is 0 Å². The summed E-state index contributed by atoms with van der Waals surface area (Å²) in [5, 5.41) is 0. The Kier molecular flexibility index (Phi) is 152. The second kappa shape index (κ2) is 81.7. The standard InChI is InChI=1S/C6H14.C4H10.3C2H6/c1-3-5-6-4-2;1-3-4-2;3*1-2/h3-6H2,1-2H3;3-4H2,1-2H3;3*1-2H3. The lowest BCUT2D eigenvalue weighted by Gasteiger charge is -1.86. The van der Waals surface area contributed by atoms with E-state index >= 15 is 0 Å². The molecule has 0 saturated carbocycles. The molecule has 0 heterocycles. The van der Waals surface area contributed by atoms with Gasteiger partial charge in [-0.3, -0.25) is 0 Å². The van der Waals surface area contributed by atoms with Gasteiger partial charge in [-0.05, 0) is 0 Å². The molecule has 0 N–H and O–H groups in total. The Bertz CT molecular complexity index is 25.0. The molecule has 0 fully saturated rings. The van der Waals surface area contributed by atoms with Crippen molar-refractivity contribution in [2.75, 3.05) is 0 Å². The van der Waals surface area contributed by atoms with Gasteiger partial charge in [0.1, 0.15) is 0 Å². The molecule has 0 aliphatic carbocycles. The minimum Gasteiger partial charge on any atom is -0.0683 e. The van der Waals surface area contributed by atoms with Crippen LogP contribution in [0, 0.1) is 0 Å². The summed E-state index contributed by atoms with van der Waals surface area (Å²) in [5.41, 5.74) is 0. The van der Waals surface area contributed by atoms with Gasteiger partial charge in [-0.1, -0.05) is 108 Å². The third-order valence-electron chi connectivity index (χ3n) is 1.46. The number of hydrogen-bond donors (Lipinski definition) is 0. The second-order valence-electron chi connectivity index (χ2n) is 2.71. The Morgan fingerprint density at radius 3 is 0.625 bits per heavy atom. The summed E-state index contributed by atoms with van der Waals surface area (Å²) in [6.07, 6.45) is 8.18. The van der Waals surface area contributed by atoms with Crippen LogP contribution in [-0.2, 0) is 0 Å². The monoisotopic (exact) mass is 234 g/mol. The first-order chi connectivity index (χ1) is 7.83. The zero-order valence-electron chi connectivity index (χ0n) is 14.2. The lowest BCUT2D eigenvalue weighted by atomic mass is 10.2. The van der Waals surface area contributed by atoms with Crippen molar-refractivity contribution in [1.29, 1.82) is 0 Å². The maximum Gasteiger partial charge on any atom is -0.0536 e. The fourth-order valence-electron chi connectivity index (χ4n) is 0.500. The zero-order chi connectivity index (χ0) is 14.2. The first-order valence-electron chi connectivity index (χ1n) is 7.83. The van der Waals surface area contributed by atoms with Crippen LogP contribution in [0.15, 0.2) is 0 Å². The fraction of sp³-hybridized carbons (Fsp3) is 1.00. The van der Waals surface area contributed by atoms with Crippen molar-refractivity contribution in [3.8, 4) is 0 Å². The van der Waals surface area contributed by atoms with E-state index in [1.54, 1.807) is 0 Å². The molecule has 0 aromatic carbocycles. The summed E-state index contributed by atoms with van der Waals surface area (Å²) in [6, 6.07) is 0. The molecule has 0 atom stereocenters. The van der Waals surface area contributed by atoms with Gasteiger partial charge in [0.25, 0.3) is 0 Å². The van der Waals surface area contributed by atoms with Gasteiger partial charge in [0, 0.05) is 0 Å². The Hall–Kier alpha value is 0. The van der Waals surface area contributed by atoms with Crippen molar-refractivity contribution in [2.45, 2.75) is 108 Å². The van der Waals surface area contributed by atoms with Crippen LogP contribution in [0.3, 0.4) is 0 Å². The molecule has 0 unspecified atom stereocenters. The summed E-state index contributed by atoms with van der Waals surface area (Å²) >= 11 is 0. The summed E-state index contributed by atoms with van der Waals surface area (Å²) in [5.74, 6) is 0. The molecule has 0 bridgehead atoms. The van der Waals surface area contributed by atoms with Gasteiger partial charge in [-0.25, -0.2) is 0 Å². The largest absolute Gasteiger partial charge is 0.0683 e. The van der Waals surface area contributed by atoms with E-state index in [0.717, 1.165) is 0 Å². The smallest absolute Gasteiger partial charge is 0.0536 e. The molecule has 16 heavy (non-hydrogen) atoms. The second-order valence-corrected chi connectivity index (χ2v) is 2.71. The lowest BCUT2D eigenvalue weighted by Crippen LogP contribution is -1.66. The van der Waals surface area contributed by atoms with E-state index in [4.69, 9.17) is 0 Å². The number of unbranched alkanes of at least 4 members (excludes halogenated alkanes) is 4. The van der Waals surface area contributed by atoms with Gasteiger partial charge in [-0.2, -0.15) is 0 Å². The number of hydrogen-bond acceptors (Lipinski definition) is 0. The van der Waals surface area contributed by atoms with Gasteiger partial charge in [0.05, 0.1) is 0 Å². The highest BCUT2D eigenvalue weighted by molar-refractivity contribution is 4.31. The number of rotatable bonds is 4. The molecule has 0 saturated heterocycles. The summed E-state index contributed by atoms with van der Waals surface area (Å²) in [7, 11) is 0. The van der Waals surface area contributed by atoms with E-state index in [1.165, 1.54) is 38.5 Å². The molecule has 0 aliphatic heterocycles. The first kappa shape index (κ1) is 29.8. The normalized spacial score (nSPS) is 6.38. The predicted octanol–water partition coefficient (Wildman–Crippen LogP) is 7.47.